The smallest absolute Gasteiger partial charge is 0.270 e. The number of hydrogen-bond donors (Lipinski definition) is 0. The fraction of sp³-hybridized carbons (Fsp3) is 0.364. The molecule has 1 saturated heterocycles. The Morgan fingerprint density at radius 2 is 2.24 bits per heavy atom. The van der Waals surface area contributed by atoms with Gasteiger partial charge in [-0.15, -0.1) is 0 Å². The molecule has 0 aliphatic carbocycles. The molecule has 1 aromatic rings. The molecule has 1 fully saturated rings. The fourth-order valence-electron chi connectivity index (χ4n) is 1.86. The second-order valence-corrected chi connectivity index (χ2v) is 6.13. The molecule has 1 atom stereocenters. The van der Waals surface area contributed by atoms with E-state index in [0.29, 0.717) is 6.07 Å². The molecular weight excluding hydrogens is 305 g/mol. The van der Waals surface area contributed by atoms with Gasteiger partial charge in [0.15, 0.2) is 6.10 Å². The van der Waals surface area contributed by atoms with E-state index in [0.717, 1.165) is 16.4 Å². The van der Waals surface area contributed by atoms with Crippen molar-refractivity contribution in [2.45, 2.75) is 11.0 Å². The summed E-state index contributed by atoms with van der Waals surface area (Å²) in [6, 6.07) is 4.05. The summed E-state index contributed by atoms with van der Waals surface area (Å²) in [7, 11) is -4.27. The molecule has 1 aliphatic rings. The Hall–Kier alpha value is -2.09. The van der Waals surface area contributed by atoms with Gasteiger partial charge in [-0.3, -0.25) is 10.1 Å². The Labute approximate surface area is 119 Å². The minimum Gasteiger partial charge on any atom is -0.361 e. The number of nitriles is 1. The van der Waals surface area contributed by atoms with Crippen molar-refractivity contribution < 1.29 is 22.5 Å². The number of nitro groups is 1. The quantitative estimate of drug-likeness (QED) is 0.597. The number of ether oxygens (including phenoxy) is 1. The molecule has 10 heteroatoms. The monoisotopic (exact) mass is 315 g/mol. The lowest BCUT2D eigenvalue weighted by Crippen LogP contribution is -2.45. The van der Waals surface area contributed by atoms with Crippen molar-refractivity contribution in [1.82, 2.24) is 4.31 Å². The maximum absolute atomic E-state index is 13.7. The zero-order valence-corrected chi connectivity index (χ0v) is 11.4. The maximum atomic E-state index is 13.7. The second-order valence-electron chi connectivity index (χ2n) is 4.22. The number of morpholine rings is 1. The van der Waals surface area contributed by atoms with Crippen molar-refractivity contribution in [2.24, 2.45) is 0 Å². The first-order valence-electron chi connectivity index (χ1n) is 5.81. The van der Waals surface area contributed by atoms with Crippen molar-refractivity contribution >= 4 is 15.7 Å². The molecule has 112 valence electrons. The van der Waals surface area contributed by atoms with E-state index in [9.17, 15) is 22.9 Å². The van der Waals surface area contributed by atoms with Gasteiger partial charge in [-0.05, 0) is 6.07 Å². The Balaban J connectivity index is 2.42. The van der Waals surface area contributed by atoms with Crippen LogP contribution in [-0.4, -0.2) is 43.4 Å². The SMILES string of the molecule is N#CC1CN(S(=O)(=O)c2cc([N+](=O)[O-])ccc2F)CCO1. The minimum absolute atomic E-state index is 0.00595. The highest BCUT2D eigenvalue weighted by Gasteiger charge is 2.33. The number of halogens is 1. The Bertz CT molecular complexity index is 715. The topological polar surface area (TPSA) is 114 Å². The number of nitro benzene ring substituents is 1. The van der Waals surface area contributed by atoms with Gasteiger partial charge in [0.1, 0.15) is 10.7 Å². The van der Waals surface area contributed by atoms with Gasteiger partial charge in [0.05, 0.1) is 24.1 Å². The summed E-state index contributed by atoms with van der Waals surface area (Å²) in [4.78, 5) is 9.09. The summed E-state index contributed by atoms with van der Waals surface area (Å²) in [6.45, 7) is -0.308. The molecule has 1 aliphatic heterocycles. The van der Waals surface area contributed by atoms with E-state index < -0.39 is 37.5 Å². The summed E-state index contributed by atoms with van der Waals surface area (Å²) in [5.74, 6) is -1.08. The summed E-state index contributed by atoms with van der Waals surface area (Å²) in [6.07, 6.45) is -0.949. The van der Waals surface area contributed by atoms with Gasteiger partial charge >= 0.3 is 0 Å². The van der Waals surface area contributed by atoms with Gasteiger partial charge in [-0.2, -0.15) is 9.57 Å². The zero-order valence-electron chi connectivity index (χ0n) is 10.6. The van der Waals surface area contributed by atoms with E-state index in [1.807, 2.05) is 0 Å². The average molecular weight is 315 g/mol. The van der Waals surface area contributed by atoms with Gasteiger partial charge in [0.2, 0.25) is 10.0 Å². The number of benzene rings is 1. The molecule has 21 heavy (non-hydrogen) atoms. The predicted molar refractivity (Wildman–Crippen MR) is 67.2 cm³/mol. The molecule has 0 bridgehead atoms. The van der Waals surface area contributed by atoms with Crippen molar-refractivity contribution in [1.29, 1.82) is 5.26 Å². The normalized spacial score (nSPS) is 19.9. The lowest BCUT2D eigenvalue weighted by atomic mass is 10.3. The van der Waals surface area contributed by atoms with Crippen molar-refractivity contribution in [3.63, 3.8) is 0 Å². The molecule has 0 aromatic heterocycles. The van der Waals surface area contributed by atoms with Crippen LogP contribution in [0.25, 0.3) is 0 Å². The molecule has 0 amide bonds. The van der Waals surface area contributed by atoms with Crippen LogP contribution in [0.2, 0.25) is 0 Å². The van der Waals surface area contributed by atoms with Crippen LogP contribution >= 0.6 is 0 Å². The molecule has 1 unspecified atom stereocenters. The van der Waals surface area contributed by atoms with Crippen LogP contribution in [0.3, 0.4) is 0 Å². The molecule has 1 aromatic carbocycles. The van der Waals surface area contributed by atoms with Crippen molar-refractivity contribution in [3.05, 3.63) is 34.1 Å². The summed E-state index contributed by atoms with van der Waals surface area (Å²) in [5, 5.41) is 19.4. The minimum atomic E-state index is -4.27. The Kier molecular flexibility index (Phi) is 4.17. The molecule has 8 nitrogen and oxygen atoms in total. The third-order valence-corrected chi connectivity index (χ3v) is 4.80. The number of non-ortho nitro benzene ring substituents is 1. The molecule has 0 saturated carbocycles. The number of rotatable bonds is 3. The Morgan fingerprint density at radius 3 is 2.86 bits per heavy atom. The highest BCUT2D eigenvalue weighted by atomic mass is 32.2. The molecule has 0 radical (unpaired) electrons. The number of nitrogens with zero attached hydrogens (tertiary/aromatic N) is 3. The first-order valence-corrected chi connectivity index (χ1v) is 7.25. The van der Waals surface area contributed by atoms with Crippen LogP contribution in [0.5, 0.6) is 0 Å². The van der Waals surface area contributed by atoms with Gasteiger partial charge in [-0.1, -0.05) is 0 Å². The number of hydrogen-bond acceptors (Lipinski definition) is 6. The van der Waals surface area contributed by atoms with Gasteiger partial charge < -0.3 is 4.74 Å². The van der Waals surface area contributed by atoms with Crippen LogP contribution in [0.4, 0.5) is 10.1 Å². The van der Waals surface area contributed by atoms with E-state index in [1.165, 1.54) is 0 Å². The van der Waals surface area contributed by atoms with E-state index in [2.05, 4.69) is 0 Å². The predicted octanol–water partition coefficient (Wildman–Crippen LogP) is 0.647. The van der Waals surface area contributed by atoms with Gasteiger partial charge in [0.25, 0.3) is 5.69 Å². The first kappa shape index (κ1) is 15.3. The van der Waals surface area contributed by atoms with Crippen LogP contribution in [0.15, 0.2) is 23.1 Å². The molecule has 0 spiro atoms. The Morgan fingerprint density at radius 1 is 1.52 bits per heavy atom. The van der Waals surface area contributed by atoms with E-state index in [1.54, 1.807) is 6.07 Å². The number of sulfonamides is 1. The average Bonchev–Trinajstić information content (AvgIpc) is 2.47. The third kappa shape index (κ3) is 2.99. The van der Waals surface area contributed by atoms with Crippen LogP contribution in [-0.2, 0) is 14.8 Å². The van der Waals surface area contributed by atoms with Crippen LogP contribution in [0.1, 0.15) is 0 Å². The van der Waals surface area contributed by atoms with Crippen molar-refractivity contribution in [3.8, 4) is 6.07 Å². The molecule has 0 N–H and O–H groups in total. The van der Waals surface area contributed by atoms with E-state index >= 15 is 0 Å². The van der Waals surface area contributed by atoms with E-state index in [4.69, 9.17) is 10.00 Å². The first-order chi connectivity index (χ1) is 9.86. The largest absolute Gasteiger partial charge is 0.361 e. The van der Waals surface area contributed by atoms with Gasteiger partial charge in [-0.25, -0.2) is 12.8 Å². The summed E-state index contributed by atoms with van der Waals surface area (Å²) in [5.41, 5.74) is -0.528. The standard InChI is InChI=1S/C11H10FN3O5S/c12-10-2-1-8(15(16)17)5-11(10)21(18,19)14-3-4-20-9(6-13)7-14/h1-2,5,9H,3-4,7H2. The fourth-order valence-corrected chi connectivity index (χ4v) is 3.37. The molecular formula is C11H10FN3O5S. The highest BCUT2D eigenvalue weighted by molar-refractivity contribution is 7.89. The highest BCUT2D eigenvalue weighted by Crippen LogP contribution is 2.25. The second kappa shape index (κ2) is 5.72. The lowest BCUT2D eigenvalue weighted by Gasteiger charge is -2.28. The van der Waals surface area contributed by atoms with Gasteiger partial charge in [0, 0.05) is 18.7 Å². The summed E-state index contributed by atoms with van der Waals surface area (Å²) >= 11 is 0. The molecule has 2 rings (SSSR count). The van der Waals surface area contributed by atoms with E-state index in [-0.39, 0.29) is 19.7 Å². The third-order valence-electron chi connectivity index (χ3n) is 2.92. The van der Waals surface area contributed by atoms with Crippen molar-refractivity contribution in [2.75, 3.05) is 19.7 Å². The van der Waals surface area contributed by atoms with Crippen LogP contribution < -0.4 is 0 Å². The lowest BCUT2D eigenvalue weighted by molar-refractivity contribution is -0.385. The zero-order chi connectivity index (χ0) is 15.6. The van der Waals surface area contributed by atoms with Crippen LogP contribution in [0, 0.1) is 27.3 Å². The summed E-state index contributed by atoms with van der Waals surface area (Å²) < 4.78 is 44.3. The molecule has 1 heterocycles. The maximum Gasteiger partial charge on any atom is 0.270 e.